The molecular formula is C20H26N4O. The van der Waals surface area contributed by atoms with Gasteiger partial charge in [0.25, 0.3) is 0 Å². The summed E-state index contributed by atoms with van der Waals surface area (Å²) in [6.07, 6.45) is 9.64. The summed E-state index contributed by atoms with van der Waals surface area (Å²) >= 11 is 0. The molecule has 0 atom stereocenters. The molecule has 1 saturated heterocycles. The number of carbonyl (C=O) groups is 1. The molecule has 1 fully saturated rings. The lowest BCUT2D eigenvalue weighted by Gasteiger charge is -2.42. The summed E-state index contributed by atoms with van der Waals surface area (Å²) < 4.78 is 0. The molecule has 132 valence electrons. The molecule has 1 aromatic rings. The van der Waals surface area contributed by atoms with E-state index in [2.05, 4.69) is 45.5 Å². The first-order valence-corrected chi connectivity index (χ1v) is 9.00. The number of carbonyl (C=O) groups excluding carboxylic acids is 1. The molecule has 0 bridgehead atoms. The van der Waals surface area contributed by atoms with Gasteiger partial charge in [-0.3, -0.25) is 4.79 Å². The summed E-state index contributed by atoms with van der Waals surface area (Å²) in [6, 6.07) is 10.3. The van der Waals surface area contributed by atoms with Gasteiger partial charge in [0.2, 0.25) is 5.91 Å². The third-order valence-electron chi connectivity index (χ3n) is 5.35. The monoisotopic (exact) mass is 338 g/mol. The Hall–Kier alpha value is -2.19. The molecular weight excluding hydrogens is 312 g/mol. The standard InChI is InChI=1S/C20H26N4O/c1-3-4-11-20(22-23-20)12-10-18(25)21-19(13-15-24(2)16-14-19)17-8-6-5-7-9-17/h1,5-9H,4,10-16H2,2H3,(H,21,25). The van der Waals surface area contributed by atoms with Crippen molar-refractivity contribution in [2.45, 2.75) is 49.7 Å². The van der Waals surface area contributed by atoms with Crippen LogP contribution < -0.4 is 5.32 Å². The van der Waals surface area contributed by atoms with Crippen LogP contribution in [0.15, 0.2) is 40.6 Å². The Kier molecular flexibility index (Phi) is 5.19. The smallest absolute Gasteiger partial charge is 0.220 e. The molecule has 0 radical (unpaired) electrons. The number of hydrogen-bond acceptors (Lipinski definition) is 4. The predicted octanol–water partition coefficient (Wildman–Crippen LogP) is 3.08. The second-order valence-electron chi connectivity index (χ2n) is 7.19. The Labute approximate surface area is 149 Å². The molecule has 0 saturated carbocycles. The normalized spacial score (nSPS) is 20.6. The van der Waals surface area contributed by atoms with Gasteiger partial charge in [-0.05, 0) is 25.5 Å². The maximum absolute atomic E-state index is 12.7. The molecule has 2 aliphatic rings. The van der Waals surface area contributed by atoms with E-state index >= 15 is 0 Å². The molecule has 1 aromatic carbocycles. The number of nitrogens with zero attached hydrogens (tertiary/aromatic N) is 3. The number of amides is 1. The van der Waals surface area contributed by atoms with Crippen LogP contribution in [0.3, 0.4) is 0 Å². The molecule has 5 nitrogen and oxygen atoms in total. The Morgan fingerprint density at radius 3 is 2.52 bits per heavy atom. The number of nitrogens with one attached hydrogen (secondary N) is 1. The van der Waals surface area contributed by atoms with Crippen LogP contribution in [0.5, 0.6) is 0 Å². The average Bonchev–Trinajstić information content (AvgIpc) is 3.42. The maximum atomic E-state index is 12.7. The fraction of sp³-hybridized carbons (Fsp3) is 0.550. The van der Waals surface area contributed by atoms with E-state index in [1.54, 1.807) is 0 Å². The highest BCUT2D eigenvalue weighted by atomic mass is 16.1. The zero-order chi connectivity index (χ0) is 17.8. The van der Waals surface area contributed by atoms with Crippen LogP contribution in [0.1, 0.15) is 44.1 Å². The lowest BCUT2D eigenvalue weighted by molar-refractivity contribution is -0.124. The van der Waals surface area contributed by atoms with Crippen molar-refractivity contribution in [2.24, 2.45) is 10.2 Å². The predicted molar refractivity (Wildman–Crippen MR) is 97.9 cm³/mol. The van der Waals surface area contributed by atoms with Crippen molar-refractivity contribution in [1.82, 2.24) is 10.2 Å². The first-order valence-electron chi connectivity index (χ1n) is 9.00. The highest BCUT2D eigenvalue weighted by molar-refractivity contribution is 5.77. The molecule has 0 aliphatic carbocycles. The second kappa shape index (κ2) is 7.37. The SMILES string of the molecule is C#CCCC1(CCC(=O)NC2(c3ccccc3)CCN(C)CC2)N=N1. The van der Waals surface area contributed by atoms with E-state index in [0.717, 1.165) is 32.4 Å². The fourth-order valence-electron chi connectivity index (χ4n) is 3.55. The van der Waals surface area contributed by atoms with E-state index in [0.29, 0.717) is 19.3 Å². The highest BCUT2D eigenvalue weighted by Gasteiger charge is 2.41. The van der Waals surface area contributed by atoms with Crippen molar-refractivity contribution in [3.8, 4) is 12.3 Å². The van der Waals surface area contributed by atoms with Gasteiger partial charge in [0.15, 0.2) is 5.66 Å². The lowest BCUT2D eigenvalue weighted by Crippen LogP contribution is -2.52. The number of rotatable bonds is 7. The van der Waals surface area contributed by atoms with E-state index in [4.69, 9.17) is 6.42 Å². The van der Waals surface area contributed by atoms with Gasteiger partial charge in [0, 0.05) is 38.8 Å². The summed E-state index contributed by atoms with van der Waals surface area (Å²) in [4.78, 5) is 15.0. The van der Waals surface area contributed by atoms with Gasteiger partial charge in [0.1, 0.15) is 0 Å². The van der Waals surface area contributed by atoms with Gasteiger partial charge < -0.3 is 10.2 Å². The molecule has 25 heavy (non-hydrogen) atoms. The molecule has 0 aromatic heterocycles. The Balaban J connectivity index is 1.63. The van der Waals surface area contributed by atoms with Crippen LogP contribution in [0.4, 0.5) is 0 Å². The van der Waals surface area contributed by atoms with Gasteiger partial charge in [-0.25, -0.2) is 0 Å². The summed E-state index contributed by atoms with van der Waals surface area (Å²) in [5.41, 5.74) is 0.532. The molecule has 1 N–H and O–H groups in total. The van der Waals surface area contributed by atoms with Crippen molar-refractivity contribution >= 4 is 5.91 Å². The molecule has 0 unspecified atom stereocenters. The van der Waals surface area contributed by atoms with Crippen LogP contribution in [0.25, 0.3) is 0 Å². The van der Waals surface area contributed by atoms with E-state index in [1.165, 1.54) is 5.56 Å². The largest absolute Gasteiger partial charge is 0.346 e. The van der Waals surface area contributed by atoms with Gasteiger partial charge >= 0.3 is 0 Å². The minimum Gasteiger partial charge on any atom is -0.346 e. The van der Waals surface area contributed by atoms with Crippen molar-refractivity contribution in [3.63, 3.8) is 0 Å². The van der Waals surface area contributed by atoms with Crippen molar-refractivity contribution in [2.75, 3.05) is 20.1 Å². The minimum absolute atomic E-state index is 0.0748. The summed E-state index contributed by atoms with van der Waals surface area (Å²) in [7, 11) is 2.13. The Morgan fingerprint density at radius 2 is 1.92 bits per heavy atom. The second-order valence-corrected chi connectivity index (χ2v) is 7.19. The number of likely N-dealkylation sites (tertiary alicyclic amines) is 1. The van der Waals surface area contributed by atoms with Crippen molar-refractivity contribution in [3.05, 3.63) is 35.9 Å². The number of piperidine rings is 1. The maximum Gasteiger partial charge on any atom is 0.220 e. The first-order chi connectivity index (χ1) is 12.1. The van der Waals surface area contributed by atoms with E-state index < -0.39 is 5.66 Å². The summed E-state index contributed by atoms with van der Waals surface area (Å²) in [5, 5.41) is 11.6. The highest BCUT2D eigenvalue weighted by Crippen LogP contribution is 2.38. The molecule has 2 heterocycles. The third-order valence-corrected chi connectivity index (χ3v) is 5.35. The zero-order valence-electron chi connectivity index (χ0n) is 14.9. The topological polar surface area (TPSA) is 57.1 Å². The molecule has 1 amide bonds. The summed E-state index contributed by atoms with van der Waals surface area (Å²) in [6.45, 7) is 1.96. The number of terminal acetylenes is 1. The molecule has 5 heteroatoms. The van der Waals surface area contributed by atoms with Crippen molar-refractivity contribution < 1.29 is 4.79 Å². The Bertz CT molecular complexity index is 663. The van der Waals surface area contributed by atoms with Gasteiger partial charge in [-0.1, -0.05) is 30.3 Å². The van der Waals surface area contributed by atoms with Crippen LogP contribution >= 0.6 is 0 Å². The third kappa shape index (κ3) is 4.26. The van der Waals surface area contributed by atoms with E-state index in [1.807, 2.05) is 18.2 Å². The first kappa shape index (κ1) is 17.6. The number of benzene rings is 1. The molecule has 0 spiro atoms. The number of hydrogen-bond donors (Lipinski definition) is 1. The summed E-state index contributed by atoms with van der Waals surface area (Å²) in [5.74, 6) is 2.70. The minimum atomic E-state index is -0.392. The van der Waals surface area contributed by atoms with Gasteiger partial charge in [-0.15, -0.1) is 12.3 Å². The molecule has 3 rings (SSSR count). The van der Waals surface area contributed by atoms with Gasteiger partial charge in [-0.2, -0.15) is 10.2 Å². The van der Waals surface area contributed by atoms with E-state index in [9.17, 15) is 4.79 Å². The Morgan fingerprint density at radius 1 is 1.24 bits per heavy atom. The quantitative estimate of drug-likeness (QED) is 0.777. The average molecular weight is 338 g/mol. The lowest BCUT2D eigenvalue weighted by atomic mass is 9.80. The van der Waals surface area contributed by atoms with Crippen LogP contribution in [-0.2, 0) is 10.3 Å². The van der Waals surface area contributed by atoms with Crippen molar-refractivity contribution in [1.29, 1.82) is 0 Å². The van der Waals surface area contributed by atoms with Crippen LogP contribution in [0.2, 0.25) is 0 Å². The van der Waals surface area contributed by atoms with E-state index in [-0.39, 0.29) is 11.4 Å². The fourth-order valence-corrected chi connectivity index (χ4v) is 3.55. The van der Waals surface area contributed by atoms with Gasteiger partial charge in [0.05, 0.1) is 5.54 Å². The molecule has 2 aliphatic heterocycles. The van der Waals surface area contributed by atoms with Crippen LogP contribution in [-0.4, -0.2) is 36.6 Å². The zero-order valence-corrected chi connectivity index (χ0v) is 14.9. The van der Waals surface area contributed by atoms with Crippen LogP contribution in [0, 0.1) is 12.3 Å².